The molecule has 21 heavy (non-hydrogen) atoms. The summed E-state index contributed by atoms with van der Waals surface area (Å²) in [5.74, 6) is -0.0728. The van der Waals surface area contributed by atoms with Crippen molar-refractivity contribution in [3.8, 4) is 5.75 Å². The van der Waals surface area contributed by atoms with Crippen LogP contribution in [0.4, 0.5) is 4.39 Å². The zero-order valence-electron chi connectivity index (χ0n) is 12.2. The van der Waals surface area contributed by atoms with Crippen LogP contribution >= 0.6 is 11.3 Å². The molecule has 2 rings (SSSR count). The monoisotopic (exact) mass is 310 g/mol. The molecule has 114 valence electrons. The van der Waals surface area contributed by atoms with E-state index >= 15 is 0 Å². The first-order chi connectivity index (χ1) is 10.1. The molecule has 0 spiro atoms. The first-order valence-corrected chi connectivity index (χ1v) is 7.66. The van der Waals surface area contributed by atoms with Gasteiger partial charge in [-0.05, 0) is 26.1 Å². The summed E-state index contributed by atoms with van der Waals surface area (Å²) in [5, 5.41) is 1.86. The van der Waals surface area contributed by atoms with Crippen LogP contribution in [0.3, 0.4) is 0 Å². The Kier molecular flexibility index (Phi) is 5.52. The molecular weight excluding hydrogens is 291 g/mol. The number of hydrogen-bond donors (Lipinski definition) is 0. The summed E-state index contributed by atoms with van der Waals surface area (Å²) in [7, 11) is 1.96. The molecule has 0 N–H and O–H groups in total. The minimum atomic E-state index is -0.347. The SMILES string of the molecule is Cc1csc(=O)n1CCN(C)CCOc1ccccc1F. The molecule has 0 radical (unpaired) electrons. The summed E-state index contributed by atoms with van der Waals surface area (Å²) >= 11 is 1.22. The Bertz CT molecular complexity index is 639. The van der Waals surface area contributed by atoms with Gasteiger partial charge in [0.05, 0.1) is 0 Å². The van der Waals surface area contributed by atoms with E-state index in [-0.39, 0.29) is 16.4 Å². The maximum Gasteiger partial charge on any atom is 0.307 e. The van der Waals surface area contributed by atoms with E-state index < -0.39 is 0 Å². The summed E-state index contributed by atoms with van der Waals surface area (Å²) in [6, 6.07) is 6.37. The molecule has 1 heterocycles. The Hall–Kier alpha value is -1.66. The highest BCUT2D eigenvalue weighted by Crippen LogP contribution is 2.14. The molecule has 0 aliphatic rings. The number of aryl methyl sites for hydroxylation is 1. The fourth-order valence-electron chi connectivity index (χ4n) is 1.93. The van der Waals surface area contributed by atoms with E-state index in [9.17, 15) is 9.18 Å². The quantitative estimate of drug-likeness (QED) is 0.787. The highest BCUT2D eigenvalue weighted by atomic mass is 32.1. The van der Waals surface area contributed by atoms with E-state index in [1.165, 1.54) is 17.4 Å². The Morgan fingerprint density at radius 3 is 2.76 bits per heavy atom. The predicted molar refractivity (Wildman–Crippen MR) is 82.7 cm³/mol. The van der Waals surface area contributed by atoms with E-state index in [1.807, 2.05) is 19.4 Å². The molecule has 0 aliphatic heterocycles. The van der Waals surface area contributed by atoms with E-state index in [0.29, 0.717) is 19.7 Å². The minimum absolute atomic E-state index is 0.0727. The van der Waals surface area contributed by atoms with Crippen LogP contribution in [-0.2, 0) is 6.54 Å². The standard InChI is InChI=1S/C15H19FN2O2S/c1-12-11-21-15(19)18(12)8-7-17(2)9-10-20-14-6-4-3-5-13(14)16/h3-6,11H,7-10H2,1-2H3. The van der Waals surface area contributed by atoms with Gasteiger partial charge in [-0.1, -0.05) is 23.5 Å². The number of hydrogen-bond acceptors (Lipinski definition) is 4. The Morgan fingerprint density at radius 2 is 2.10 bits per heavy atom. The summed E-state index contributed by atoms with van der Waals surface area (Å²) < 4.78 is 20.5. The van der Waals surface area contributed by atoms with Gasteiger partial charge in [-0.3, -0.25) is 4.79 Å². The van der Waals surface area contributed by atoms with Crippen molar-refractivity contribution in [1.82, 2.24) is 9.47 Å². The number of benzene rings is 1. The highest BCUT2D eigenvalue weighted by molar-refractivity contribution is 7.07. The van der Waals surface area contributed by atoms with Crippen molar-refractivity contribution in [3.05, 3.63) is 50.8 Å². The van der Waals surface area contributed by atoms with Gasteiger partial charge in [-0.15, -0.1) is 0 Å². The third-order valence-electron chi connectivity index (χ3n) is 3.25. The zero-order chi connectivity index (χ0) is 15.2. The fourth-order valence-corrected chi connectivity index (χ4v) is 2.69. The van der Waals surface area contributed by atoms with Crippen molar-refractivity contribution < 1.29 is 9.13 Å². The molecule has 4 nitrogen and oxygen atoms in total. The van der Waals surface area contributed by atoms with Crippen LogP contribution in [0.25, 0.3) is 0 Å². The van der Waals surface area contributed by atoms with Gasteiger partial charge < -0.3 is 14.2 Å². The van der Waals surface area contributed by atoms with E-state index in [1.54, 1.807) is 22.8 Å². The molecule has 0 fully saturated rings. The van der Waals surface area contributed by atoms with E-state index in [0.717, 1.165) is 12.2 Å². The molecule has 0 atom stereocenters. The second-order valence-corrected chi connectivity index (χ2v) is 5.70. The first kappa shape index (κ1) is 15.7. The molecule has 6 heteroatoms. The lowest BCUT2D eigenvalue weighted by molar-refractivity contribution is 0.226. The van der Waals surface area contributed by atoms with Gasteiger partial charge >= 0.3 is 4.87 Å². The number of aromatic nitrogens is 1. The minimum Gasteiger partial charge on any atom is -0.489 e. The lowest BCUT2D eigenvalue weighted by atomic mass is 10.3. The second kappa shape index (κ2) is 7.38. The van der Waals surface area contributed by atoms with E-state index in [4.69, 9.17) is 4.74 Å². The lowest BCUT2D eigenvalue weighted by Gasteiger charge is -2.17. The number of para-hydroxylation sites is 1. The molecular formula is C15H19FN2O2S. The van der Waals surface area contributed by atoms with Crippen molar-refractivity contribution in [3.63, 3.8) is 0 Å². The van der Waals surface area contributed by atoms with Gasteiger partial charge in [0, 0.05) is 30.7 Å². The smallest absolute Gasteiger partial charge is 0.307 e. The van der Waals surface area contributed by atoms with Crippen LogP contribution in [0.15, 0.2) is 34.4 Å². The van der Waals surface area contributed by atoms with Gasteiger partial charge in [0.1, 0.15) is 6.61 Å². The molecule has 0 unspecified atom stereocenters. The Balaban J connectivity index is 1.74. The van der Waals surface area contributed by atoms with Crippen LogP contribution in [0, 0.1) is 12.7 Å². The molecule has 1 aromatic carbocycles. The maximum atomic E-state index is 13.4. The van der Waals surface area contributed by atoms with Crippen molar-refractivity contribution in [2.75, 3.05) is 26.7 Å². The number of ether oxygens (including phenoxy) is 1. The zero-order valence-corrected chi connectivity index (χ0v) is 13.0. The summed E-state index contributed by atoms with van der Waals surface area (Å²) in [4.78, 5) is 13.7. The third-order valence-corrected chi connectivity index (χ3v) is 4.13. The average Bonchev–Trinajstić information content (AvgIpc) is 2.78. The number of likely N-dealkylation sites (N-methyl/N-ethyl adjacent to an activating group) is 1. The summed E-state index contributed by atoms with van der Waals surface area (Å²) in [5.41, 5.74) is 0.987. The highest BCUT2D eigenvalue weighted by Gasteiger charge is 2.06. The van der Waals surface area contributed by atoms with Gasteiger partial charge in [0.25, 0.3) is 0 Å². The Morgan fingerprint density at radius 1 is 1.33 bits per heavy atom. The van der Waals surface area contributed by atoms with E-state index in [2.05, 4.69) is 4.90 Å². The first-order valence-electron chi connectivity index (χ1n) is 6.78. The van der Waals surface area contributed by atoms with Crippen molar-refractivity contribution in [2.24, 2.45) is 0 Å². The predicted octanol–water partition coefficient (Wildman–Crippen LogP) is 2.37. The summed E-state index contributed by atoms with van der Waals surface area (Å²) in [6.45, 7) is 4.42. The molecule has 1 aromatic heterocycles. The van der Waals surface area contributed by atoms with Gasteiger partial charge in [0.2, 0.25) is 0 Å². The lowest BCUT2D eigenvalue weighted by Crippen LogP contribution is -2.30. The average molecular weight is 310 g/mol. The molecule has 0 bridgehead atoms. The second-order valence-electron chi connectivity index (χ2n) is 4.88. The third kappa shape index (κ3) is 4.41. The van der Waals surface area contributed by atoms with Crippen molar-refractivity contribution in [1.29, 1.82) is 0 Å². The largest absolute Gasteiger partial charge is 0.489 e. The van der Waals surface area contributed by atoms with Crippen LogP contribution in [0.5, 0.6) is 5.75 Å². The normalized spacial score (nSPS) is 11.0. The molecule has 0 aliphatic carbocycles. The van der Waals surface area contributed by atoms with Gasteiger partial charge in [-0.25, -0.2) is 4.39 Å². The van der Waals surface area contributed by atoms with Crippen LogP contribution < -0.4 is 9.61 Å². The van der Waals surface area contributed by atoms with Crippen LogP contribution in [0.2, 0.25) is 0 Å². The number of nitrogens with zero attached hydrogens (tertiary/aromatic N) is 2. The van der Waals surface area contributed by atoms with Gasteiger partial charge in [0.15, 0.2) is 11.6 Å². The molecule has 0 amide bonds. The van der Waals surface area contributed by atoms with Gasteiger partial charge in [-0.2, -0.15) is 0 Å². The van der Waals surface area contributed by atoms with Crippen LogP contribution in [0.1, 0.15) is 5.69 Å². The van der Waals surface area contributed by atoms with Crippen LogP contribution in [-0.4, -0.2) is 36.2 Å². The number of rotatable bonds is 7. The fraction of sp³-hybridized carbons (Fsp3) is 0.400. The topological polar surface area (TPSA) is 34.5 Å². The number of halogens is 1. The van der Waals surface area contributed by atoms with Crippen molar-refractivity contribution >= 4 is 11.3 Å². The summed E-state index contributed by atoms with van der Waals surface area (Å²) in [6.07, 6.45) is 0. The number of thiazole rings is 1. The molecule has 2 aromatic rings. The Labute approximate surface area is 127 Å². The van der Waals surface area contributed by atoms with Crippen molar-refractivity contribution in [2.45, 2.75) is 13.5 Å². The molecule has 0 saturated heterocycles. The molecule has 0 saturated carbocycles. The maximum absolute atomic E-state index is 13.4.